The molecule has 1 fully saturated rings. The van der Waals surface area contributed by atoms with Crippen molar-refractivity contribution in [3.63, 3.8) is 0 Å². The van der Waals surface area contributed by atoms with E-state index in [1.807, 2.05) is 33.7 Å². The number of halogens is 1. The first kappa shape index (κ1) is 17.3. The van der Waals surface area contributed by atoms with Crippen molar-refractivity contribution in [1.82, 2.24) is 19.2 Å². The molecule has 3 aromatic rings. The summed E-state index contributed by atoms with van der Waals surface area (Å²) in [5.74, 6) is 0.0164. The third-order valence-electron chi connectivity index (χ3n) is 4.55. The Morgan fingerprint density at radius 2 is 2.04 bits per heavy atom. The number of hydrogen-bond donors (Lipinski definition) is 0. The van der Waals surface area contributed by atoms with Crippen molar-refractivity contribution in [2.75, 3.05) is 26.2 Å². The molecule has 134 valence electrons. The van der Waals surface area contributed by atoms with E-state index < -0.39 is 0 Å². The summed E-state index contributed by atoms with van der Waals surface area (Å²) in [7, 11) is 0. The second-order valence-electron chi connectivity index (χ2n) is 6.23. The van der Waals surface area contributed by atoms with E-state index in [9.17, 15) is 4.79 Å². The number of rotatable bonds is 4. The molecule has 1 aliphatic rings. The maximum absolute atomic E-state index is 12.5. The molecule has 0 aromatic carbocycles. The lowest BCUT2D eigenvalue weighted by atomic mass is 10.2. The van der Waals surface area contributed by atoms with Crippen molar-refractivity contribution in [1.29, 1.82) is 0 Å². The van der Waals surface area contributed by atoms with Crippen LogP contribution in [0.25, 0.3) is 11.7 Å². The molecule has 0 spiro atoms. The predicted molar refractivity (Wildman–Crippen MR) is 105 cm³/mol. The zero-order valence-corrected chi connectivity index (χ0v) is 15.8. The molecule has 0 N–H and O–H groups in total. The van der Waals surface area contributed by atoms with Crippen molar-refractivity contribution in [2.45, 2.75) is 6.54 Å². The van der Waals surface area contributed by atoms with Crippen LogP contribution >= 0.6 is 22.9 Å². The Labute approximate surface area is 161 Å². The number of carbonyl (C=O) groups excluding carboxylic acids is 1. The molecule has 4 heterocycles. The summed E-state index contributed by atoms with van der Waals surface area (Å²) in [6.07, 6.45) is 5.24. The monoisotopic (exact) mass is 386 g/mol. The number of pyridine rings is 1. The molecule has 7 heteroatoms. The fourth-order valence-corrected chi connectivity index (χ4v) is 4.13. The van der Waals surface area contributed by atoms with Crippen molar-refractivity contribution in [3.8, 4) is 0 Å². The quantitative estimate of drug-likeness (QED) is 0.645. The number of thiophene rings is 1. The first-order valence-electron chi connectivity index (χ1n) is 8.55. The number of carbonyl (C=O) groups is 1. The highest BCUT2D eigenvalue weighted by Gasteiger charge is 2.20. The number of amides is 1. The van der Waals surface area contributed by atoms with Gasteiger partial charge in [0.05, 0.1) is 5.69 Å². The van der Waals surface area contributed by atoms with Crippen LogP contribution in [0.3, 0.4) is 0 Å². The van der Waals surface area contributed by atoms with E-state index in [1.165, 1.54) is 4.88 Å². The summed E-state index contributed by atoms with van der Waals surface area (Å²) in [6.45, 7) is 4.25. The molecule has 0 radical (unpaired) electrons. The van der Waals surface area contributed by atoms with Gasteiger partial charge >= 0.3 is 0 Å². The highest BCUT2D eigenvalue weighted by Crippen LogP contribution is 2.19. The van der Waals surface area contributed by atoms with Crippen LogP contribution in [0, 0.1) is 0 Å². The lowest BCUT2D eigenvalue weighted by Crippen LogP contribution is -2.47. The van der Waals surface area contributed by atoms with Gasteiger partial charge in [0.25, 0.3) is 0 Å². The minimum Gasteiger partial charge on any atom is -0.337 e. The maximum atomic E-state index is 12.5. The van der Waals surface area contributed by atoms with Gasteiger partial charge < -0.3 is 4.90 Å². The Bertz CT molecular complexity index is 926. The highest BCUT2D eigenvalue weighted by atomic mass is 35.5. The molecule has 3 aromatic heterocycles. The normalized spacial score (nSPS) is 16.0. The van der Waals surface area contributed by atoms with Crippen LogP contribution in [0.1, 0.15) is 10.6 Å². The van der Waals surface area contributed by atoms with E-state index in [2.05, 4.69) is 27.4 Å². The van der Waals surface area contributed by atoms with Crippen molar-refractivity contribution in [3.05, 3.63) is 63.7 Å². The maximum Gasteiger partial charge on any atom is 0.246 e. The molecule has 4 rings (SSSR count). The Morgan fingerprint density at radius 1 is 1.19 bits per heavy atom. The Kier molecular flexibility index (Phi) is 5.06. The molecule has 0 bridgehead atoms. The lowest BCUT2D eigenvalue weighted by Gasteiger charge is -2.33. The first-order chi connectivity index (χ1) is 12.7. The first-order valence-corrected chi connectivity index (χ1v) is 9.81. The van der Waals surface area contributed by atoms with E-state index in [0.29, 0.717) is 5.15 Å². The van der Waals surface area contributed by atoms with E-state index in [-0.39, 0.29) is 5.91 Å². The van der Waals surface area contributed by atoms with Crippen molar-refractivity contribution >= 4 is 40.6 Å². The molecule has 1 aliphatic heterocycles. The van der Waals surface area contributed by atoms with Gasteiger partial charge in [0.1, 0.15) is 5.65 Å². The van der Waals surface area contributed by atoms with E-state index in [0.717, 1.165) is 44.1 Å². The standard InChI is InChI=1S/C19H19ClN4OS/c20-19-16(24-8-2-1-5-17(24)21-19)6-7-18(25)23-11-9-22(10-12-23)14-15-4-3-13-26-15/h1-8,13H,9-12,14H2/b7-6+. The minimum absolute atomic E-state index is 0.0164. The van der Waals surface area contributed by atoms with Crippen LogP contribution in [0.5, 0.6) is 0 Å². The number of hydrogen-bond acceptors (Lipinski definition) is 4. The number of piperazine rings is 1. The SMILES string of the molecule is O=C(/C=C/c1c(Cl)nc2ccccn12)N1CCN(Cc2cccs2)CC1. The van der Waals surface area contributed by atoms with Gasteiger partial charge in [0, 0.05) is 49.9 Å². The summed E-state index contributed by atoms with van der Waals surface area (Å²) in [6, 6.07) is 9.95. The highest BCUT2D eigenvalue weighted by molar-refractivity contribution is 7.09. The molecular weight excluding hydrogens is 368 g/mol. The summed E-state index contributed by atoms with van der Waals surface area (Å²) in [5.41, 5.74) is 1.50. The molecule has 1 saturated heterocycles. The van der Waals surface area contributed by atoms with Gasteiger partial charge in [-0.05, 0) is 29.7 Å². The molecule has 1 amide bonds. The fraction of sp³-hybridized carbons (Fsp3) is 0.263. The van der Waals surface area contributed by atoms with E-state index >= 15 is 0 Å². The van der Waals surface area contributed by atoms with Crippen LogP contribution in [0.15, 0.2) is 48.0 Å². The van der Waals surface area contributed by atoms with Crippen LogP contribution in [0.2, 0.25) is 5.15 Å². The smallest absolute Gasteiger partial charge is 0.246 e. The lowest BCUT2D eigenvalue weighted by molar-refractivity contribution is -0.127. The minimum atomic E-state index is 0.0164. The average Bonchev–Trinajstić information content (AvgIpc) is 3.27. The number of imidazole rings is 1. The Morgan fingerprint density at radius 3 is 2.81 bits per heavy atom. The largest absolute Gasteiger partial charge is 0.337 e. The van der Waals surface area contributed by atoms with Crippen LogP contribution < -0.4 is 0 Å². The molecular formula is C19H19ClN4OS. The van der Waals surface area contributed by atoms with Gasteiger partial charge in [0.15, 0.2) is 5.15 Å². The van der Waals surface area contributed by atoms with Gasteiger partial charge in [0.2, 0.25) is 5.91 Å². The molecule has 0 saturated carbocycles. The van der Waals surface area contributed by atoms with E-state index in [1.54, 1.807) is 23.5 Å². The van der Waals surface area contributed by atoms with Gasteiger partial charge in [-0.25, -0.2) is 4.98 Å². The summed E-state index contributed by atoms with van der Waals surface area (Å²) >= 11 is 7.99. The van der Waals surface area contributed by atoms with Gasteiger partial charge in [-0.1, -0.05) is 23.7 Å². The molecule has 0 atom stereocenters. The molecule has 5 nitrogen and oxygen atoms in total. The fourth-order valence-electron chi connectivity index (χ4n) is 3.14. The van der Waals surface area contributed by atoms with Crippen LogP contribution in [0.4, 0.5) is 0 Å². The number of fused-ring (bicyclic) bond motifs is 1. The van der Waals surface area contributed by atoms with Crippen molar-refractivity contribution in [2.24, 2.45) is 0 Å². The second kappa shape index (κ2) is 7.61. The van der Waals surface area contributed by atoms with Crippen molar-refractivity contribution < 1.29 is 4.79 Å². The number of nitrogens with zero attached hydrogens (tertiary/aromatic N) is 4. The summed E-state index contributed by atoms with van der Waals surface area (Å²) in [5, 5.41) is 2.51. The van der Waals surface area contributed by atoms with Gasteiger partial charge in [-0.3, -0.25) is 14.1 Å². The predicted octanol–water partition coefficient (Wildman–Crippen LogP) is 3.41. The third kappa shape index (κ3) is 3.67. The third-order valence-corrected chi connectivity index (χ3v) is 5.69. The topological polar surface area (TPSA) is 40.9 Å². The number of aromatic nitrogens is 2. The van der Waals surface area contributed by atoms with Gasteiger partial charge in [-0.15, -0.1) is 11.3 Å². The zero-order valence-electron chi connectivity index (χ0n) is 14.2. The molecule has 0 aliphatic carbocycles. The zero-order chi connectivity index (χ0) is 17.9. The summed E-state index contributed by atoms with van der Waals surface area (Å²) in [4.78, 5) is 22.5. The van der Waals surface area contributed by atoms with Gasteiger partial charge in [-0.2, -0.15) is 0 Å². The Hall–Kier alpha value is -2.15. The molecule has 26 heavy (non-hydrogen) atoms. The van der Waals surface area contributed by atoms with Crippen LogP contribution in [-0.2, 0) is 11.3 Å². The van der Waals surface area contributed by atoms with E-state index in [4.69, 9.17) is 11.6 Å². The second-order valence-corrected chi connectivity index (χ2v) is 7.62. The Balaban J connectivity index is 1.38. The molecule has 0 unspecified atom stereocenters. The average molecular weight is 387 g/mol. The van der Waals surface area contributed by atoms with Crippen LogP contribution in [-0.4, -0.2) is 51.3 Å². The summed E-state index contributed by atoms with van der Waals surface area (Å²) < 4.78 is 1.88.